The summed E-state index contributed by atoms with van der Waals surface area (Å²) in [6.07, 6.45) is 0. The third kappa shape index (κ3) is 1.23. The molecule has 0 atom stereocenters. The van der Waals surface area contributed by atoms with Crippen LogP contribution in [0.1, 0.15) is 5.56 Å². The number of hydrogen-bond donors (Lipinski definition) is 0. The fraction of sp³-hybridized carbons (Fsp3) is 0.286. The zero-order valence-corrected chi connectivity index (χ0v) is 8.02. The molecule has 6 heteroatoms. The second-order valence-electron chi connectivity index (χ2n) is 2.48. The van der Waals surface area contributed by atoms with Crippen molar-refractivity contribution in [3.05, 3.63) is 21.1 Å². The molecule has 0 unspecified atom stereocenters. The molecule has 4 nitrogen and oxygen atoms in total. The van der Waals surface area contributed by atoms with E-state index in [0.717, 1.165) is 5.75 Å². The second kappa shape index (κ2) is 3.05. The van der Waals surface area contributed by atoms with Gasteiger partial charge in [0.05, 0.1) is 0 Å². The fourth-order valence-electron chi connectivity index (χ4n) is 1.14. The van der Waals surface area contributed by atoms with Crippen molar-refractivity contribution in [2.24, 2.45) is 0 Å². The van der Waals surface area contributed by atoms with Crippen LogP contribution < -0.4 is 5.56 Å². The Morgan fingerprint density at radius 2 is 2.46 bits per heavy atom. The van der Waals surface area contributed by atoms with Gasteiger partial charge in [-0.15, -0.1) is 0 Å². The molecular formula is C7H4ClN3OS. The molecule has 0 N–H and O–H groups in total. The minimum absolute atomic E-state index is 0.00755. The summed E-state index contributed by atoms with van der Waals surface area (Å²) in [6.45, 7) is 0.609. The summed E-state index contributed by atoms with van der Waals surface area (Å²) < 4.78 is 1.48. The lowest BCUT2D eigenvalue weighted by atomic mass is 10.4. The van der Waals surface area contributed by atoms with Crippen molar-refractivity contribution in [1.82, 2.24) is 9.55 Å². The van der Waals surface area contributed by atoms with Gasteiger partial charge >= 0.3 is 0 Å². The Kier molecular flexibility index (Phi) is 2.02. The number of nitrogens with zero attached hydrogens (tertiary/aromatic N) is 3. The molecule has 0 radical (unpaired) electrons. The molecule has 13 heavy (non-hydrogen) atoms. The maximum atomic E-state index is 11.5. The van der Waals surface area contributed by atoms with Gasteiger partial charge in [-0.1, -0.05) is 23.4 Å². The Labute approximate surface area is 83.2 Å². The summed E-state index contributed by atoms with van der Waals surface area (Å²) in [5.41, 5.74) is -0.393. The van der Waals surface area contributed by atoms with Crippen molar-refractivity contribution in [2.75, 3.05) is 5.75 Å². The Morgan fingerprint density at radius 3 is 3.15 bits per heavy atom. The highest BCUT2D eigenvalue weighted by Crippen LogP contribution is 2.23. The van der Waals surface area contributed by atoms with Gasteiger partial charge in [0.15, 0.2) is 15.9 Å². The number of rotatable bonds is 0. The van der Waals surface area contributed by atoms with E-state index in [-0.39, 0.29) is 16.3 Å². The minimum atomic E-state index is -0.331. The Hall–Kier alpha value is -0.990. The van der Waals surface area contributed by atoms with Gasteiger partial charge in [-0.25, -0.2) is 4.98 Å². The summed E-state index contributed by atoms with van der Waals surface area (Å²) in [5.74, 6) is 0.813. The number of halogens is 1. The molecule has 0 bridgehead atoms. The highest BCUT2D eigenvalue weighted by atomic mass is 35.5. The molecule has 0 fully saturated rings. The summed E-state index contributed by atoms with van der Waals surface area (Å²) >= 11 is 7.13. The maximum absolute atomic E-state index is 11.5. The minimum Gasteiger partial charge on any atom is -0.286 e. The normalized spacial score (nSPS) is 13.8. The first-order valence-electron chi connectivity index (χ1n) is 3.57. The number of hydrogen-bond acceptors (Lipinski definition) is 4. The number of fused-ring (bicyclic) bond motifs is 1. The predicted molar refractivity (Wildman–Crippen MR) is 48.9 cm³/mol. The van der Waals surface area contributed by atoms with Crippen molar-refractivity contribution >= 4 is 23.4 Å². The standard InChI is InChI=1S/C7H4ClN3OS/c8-5-4(3-9)6(12)11-1-2-13-7(11)10-5/h1-2H2. The number of thioether (sulfide) groups is 1. The number of aromatic nitrogens is 2. The lowest BCUT2D eigenvalue weighted by Crippen LogP contribution is -2.23. The van der Waals surface area contributed by atoms with E-state index in [9.17, 15) is 4.79 Å². The monoisotopic (exact) mass is 213 g/mol. The van der Waals surface area contributed by atoms with Crippen molar-refractivity contribution in [3.8, 4) is 6.07 Å². The van der Waals surface area contributed by atoms with Gasteiger partial charge in [-0.05, 0) is 0 Å². The first-order chi connectivity index (χ1) is 6.24. The van der Waals surface area contributed by atoms with Crippen LogP contribution >= 0.6 is 23.4 Å². The van der Waals surface area contributed by atoms with Crippen LogP contribution in [0.3, 0.4) is 0 Å². The van der Waals surface area contributed by atoms with E-state index in [2.05, 4.69) is 4.98 Å². The molecule has 1 aromatic rings. The molecule has 2 rings (SSSR count). The fourth-order valence-corrected chi connectivity index (χ4v) is 2.34. The largest absolute Gasteiger partial charge is 0.286 e. The van der Waals surface area contributed by atoms with Gasteiger partial charge in [0.2, 0.25) is 0 Å². The van der Waals surface area contributed by atoms with Gasteiger partial charge in [-0.3, -0.25) is 9.36 Å². The molecule has 0 aromatic carbocycles. The van der Waals surface area contributed by atoms with Crippen LogP contribution in [0.25, 0.3) is 0 Å². The molecule has 0 saturated heterocycles. The topological polar surface area (TPSA) is 58.7 Å². The SMILES string of the molecule is N#Cc1c(Cl)nc2n(c1=O)CCS2. The molecule has 0 amide bonds. The first kappa shape index (κ1) is 8.60. The Morgan fingerprint density at radius 1 is 1.69 bits per heavy atom. The van der Waals surface area contributed by atoms with E-state index >= 15 is 0 Å². The van der Waals surface area contributed by atoms with Gasteiger partial charge < -0.3 is 0 Å². The molecule has 0 aliphatic carbocycles. The maximum Gasteiger partial charge on any atom is 0.273 e. The summed E-state index contributed by atoms with van der Waals surface area (Å²) in [6, 6.07) is 1.76. The third-order valence-electron chi connectivity index (χ3n) is 1.75. The van der Waals surface area contributed by atoms with Crippen LogP contribution in [-0.2, 0) is 6.54 Å². The van der Waals surface area contributed by atoms with E-state index in [1.807, 2.05) is 0 Å². The summed E-state index contributed by atoms with van der Waals surface area (Å²) in [4.78, 5) is 15.5. The smallest absolute Gasteiger partial charge is 0.273 e. The van der Waals surface area contributed by atoms with Gasteiger partial charge in [0.25, 0.3) is 5.56 Å². The van der Waals surface area contributed by atoms with E-state index in [4.69, 9.17) is 16.9 Å². The summed E-state index contributed by atoms with van der Waals surface area (Å²) in [7, 11) is 0. The van der Waals surface area contributed by atoms with Gasteiger partial charge in [-0.2, -0.15) is 5.26 Å². The van der Waals surface area contributed by atoms with E-state index in [1.165, 1.54) is 16.3 Å². The zero-order chi connectivity index (χ0) is 9.42. The quantitative estimate of drug-likeness (QED) is 0.474. The molecule has 2 heterocycles. The highest BCUT2D eigenvalue weighted by Gasteiger charge is 2.19. The van der Waals surface area contributed by atoms with Crippen LogP contribution in [-0.4, -0.2) is 15.3 Å². The third-order valence-corrected chi connectivity index (χ3v) is 2.98. The first-order valence-corrected chi connectivity index (χ1v) is 4.93. The van der Waals surface area contributed by atoms with Crippen LogP contribution in [0.5, 0.6) is 0 Å². The molecular weight excluding hydrogens is 210 g/mol. The molecule has 66 valence electrons. The molecule has 1 aliphatic rings. The molecule has 0 saturated carbocycles. The Bertz CT molecular complexity index is 461. The molecule has 1 aliphatic heterocycles. The summed E-state index contributed by atoms with van der Waals surface area (Å²) in [5, 5.41) is 9.25. The molecule has 0 spiro atoms. The van der Waals surface area contributed by atoms with Crippen molar-refractivity contribution in [2.45, 2.75) is 11.7 Å². The van der Waals surface area contributed by atoms with Crippen LogP contribution in [0.15, 0.2) is 9.95 Å². The second-order valence-corrected chi connectivity index (χ2v) is 3.90. The van der Waals surface area contributed by atoms with Gasteiger partial charge in [0.1, 0.15) is 6.07 Å². The molecule has 1 aromatic heterocycles. The average molecular weight is 214 g/mol. The number of nitriles is 1. The van der Waals surface area contributed by atoms with Crippen molar-refractivity contribution in [3.63, 3.8) is 0 Å². The average Bonchev–Trinajstić information content (AvgIpc) is 2.53. The lowest BCUT2D eigenvalue weighted by molar-refractivity contribution is 0.653. The lowest BCUT2D eigenvalue weighted by Gasteiger charge is -2.01. The van der Waals surface area contributed by atoms with E-state index < -0.39 is 0 Å². The van der Waals surface area contributed by atoms with Crippen LogP contribution in [0, 0.1) is 11.3 Å². The van der Waals surface area contributed by atoms with Crippen molar-refractivity contribution in [1.29, 1.82) is 5.26 Å². The zero-order valence-electron chi connectivity index (χ0n) is 6.45. The van der Waals surface area contributed by atoms with E-state index in [1.54, 1.807) is 6.07 Å². The van der Waals surface area contributed by atoms with E-state index in [0.29, 0.717) is 11.7 Å². The van der Waals surface area contributed by atoms with Crippen LogP contribution in [0.4, 0.5) is 0 Å². The predicted octanol–water partition coefficient (Wildman–Crippen LogP) is 0.874. The highest BCUT2D eigenvalue weighted by molar-refractivity contribution is 7.99. The van der Waals surface area contributed by atoms with Crippen LogP contribution in [0.2, 0.25) is 5.15 Å². The Balaban J connectivity index is 2.79. The van der Waals surface area contributed by atoms with Crippen molar-refractivity contribution < 1.29 is 0 Å². The van der Waals surface area contributed by atoms with Gasteiger partial charge in [0, 0.05) is 12.3 Å².